The Morgan fingerprint density at radius 2 is 1.80 bits per heavy atom. The highest BCUT2D eigenvalue weighted by atomic mass is 31.2. The first-order chi connectivity index (χ1) is 26.0. The first-order valence-corrected chi connectivity index (χ1v) is 19.3. The van der Waals surface area contributed by atoms with E-state index in [0.717, 1.165) is 32.1 Å². The van der Waals surface area contributed by atoms with Gasteiger partial charge in [-0.15, -0.1) is 6.42 Å². The third kappa shape index (κ3) is 10.5. The highest BCUT2D eigenvalue weighted by Crippen LogP contribution is 2.48. The van der Waals surface area contributed by atoms with Crippen LogP contribution in [-0.2, 0) is 34.5 Å². The largest absolute Gasteiger partial charge is 0.508 e. The highest BCUT2D eigenvalue weighted by molar-refractivity contribution is 7.52. The number of aliphatic carboxylic acids is 1. The van der Waals surface area contributed by atoms with Gasteiger partial charge < -0.3 is 29.6 Å². The fraction of sp³-hybridized carbons (Fsp3) is 0.432. The normalized spacial score (nSPS) is 19.8. The fourth-order valence-electron chi connectivity index (χ4n) is 5.96. The summed E-state index contributed by atoms with van der Waals surface area (Å²) in [6.07, 6.45) is 9.70. The lowest BCUT2D eigenvalue weighted by molar-refractivity contribution is -0.139. The van der Waals surface area contributed by atoms with E-state index in [1.807, 2.05) is 0 Å². The van der Waals surface area contributed by atoms with Crippen LogP contribution in [0.5, 0.6) is 5.75 Å². The maximum atomic E-state index is 14.5. The van der Waals surface area contributed by atoms with Crippen molar-refractivity contribution in [3.05, 3.63) is 78.6 Å². The zero-order valence-corrected chi connectivity index (χ0v) is 30.7. The topological polar surface area (TPSA) is 199 Å². The Bertz CT molecular complexity index is 1950. The van der Waals surface area contributed by atoms with Crippen molar-refractivity contribution in [2.75, 3.05) is 18.9 Å². The second-order valence-corrected chi connectivity index (χ2v) is 14.4. The highest BCUT2D eigenvalue weighted by Gasteiger charge is 2.53. The molecule has 0 bridgehead atoms. The zero-order chi connectivity index (χ0) is 38.6. The third-order valence-corrected chi connectivity index (χ3v) is 10.3. The summed E-state index contributed by atoms with van der Waals surface area (Å²) in [7, 11) is -4.61. The van der Waals surface area contributed by atoms with Gasteiger partial charge in [0.2, 0.25) is 0 Å². The Morgan fingerprint density at radius 1 is 1.11 bits per heavy atom. The summed E-state index contributed by atoms with van der Waals surface area (Å²) in [5, 5.41) is 12.7. The number of rotatable bonds is 20. The molecule has 1 fully saturated rings. The van der Waals surface area contributed by atoms with E-state index in [2.05, 4.69) is 32.9 Å². The number of para-hydroxylation sites is 1. The van der Waals surface area contributed by atoms with Crippen molar-refractivity contribution in [2.45, 2.75) is 88.7 Å². The van der Waals surface area contributed by atoms with Gasteiger partial charge in [-0.1, -0.05) is 99.9 Å². The molecule has 1 aliphatic rings. The maximum absolute atomic E-state index is 14.5. The van der Waals surface area contributed by atoms with Crippen LogP contribution in [0.15, 0.2) is 67.0 Å². The minimum Gasteiger partial charge on any atom is -0.480 e. The number of hydrogen-bond donors (Lipinski definition) is 3. The van der Waals surface area contributed by atoms with Gasteiger partial charge in [0.25, 0.3) is 0 Å². The van der Waals surface area contributed by atoms with Gasteiger partial charge in [-0.3, -0.25) is 13.9 Å². The molecule has 5 rings (SSSR count). The van der Waals surface area contributed by atoms with Crippen molar-refractivity contribution in [2.24, 2.45) is 0 Å². The molecule has 2 aromatic heterocycles. The Morgan fingerprint density at radius 3 is 2.48 bits per heavy atom. The third-order valence-electron chi connectivity index (χ3n) is 8.78. The Kier molecular flexibility index (Phi) is 14.0. The molecule has 0 saturated carbocycles. The van der Waals surface area contributed by atoms with E-state index in [4.69, 9.17) is 35.4 Å². The number of carboxylic acids is 1. The van der Waals surface area contributed by atoms with E-state index >= 15 is 0 Å². The molecule has 0 unspecified atom stereocenters. The van der Waals surface area contributed by atoms with Crippen molar-refractivity contribution >= 4 is 36.9 Å². The molecule has 0 amide bonds. The number of fused-ring (bicyclic) bond motifs is 1. The smallest absolute Gasteiger partial charge is 0.480 e. The predicted molar refractivity (Wildman–Crippen MR) is 196 cm³/mol. The molecular weight excluding hydrogens is 722 g/mol. The molecule has 0 radical (unpaired) electrons. The predicted octanol–water partition coefficient (Wildman–Crippen LogP) is 6.60. The van der Waals surface area contributed by atoms with Crippen molar-refractivity contribution in [3.8, 4) is 18.1 Å². The van der Waals surface area contributed by atoms with Gasteiger partial charge in [0.05, 0.1) is 12.9 Å². The zero-order valence-electron chi connectivity index (χ0n) is 29.8. The van der Waals surface area contributed by atoms with E-state index in [1.165, 1.54) is 29.4 Å². The van der Waals surface area contributed by atoms with Crippen LogP contribution >= 0.6 is 7.75 Å². The average Bonchev–Trinajstić information content (AvgIpc) is 3.74. The van der Waals surface area contributed by atoms with Crippen molar-refractivity contribution < 1.29 is 46.9 Å². The van der Waals surface area contributed by atoms with Gasteiger partial charge >= 0.3 is 25.9 Å². The number of carbonyl (C=O) groups excluding carboxylic acids is 1. The molecule has 4 N–H and O–H groups in total. The molecule has 3 heterocycles. The van der Waals surface area contributed by atoms with E-state index in [9.17, 15) is 23.7 Å². The molecule has 4 aromatic rings. The number of nitrogens with zero attached hydrogens (tertiary/aromatic N) is 4. The van der Waals surface area contributed by atoms with Gasteiger partial charge in [0, 0.05) is 6.42 Å². The number of anilines is 1. The van der Waals surface area contributed by atoms with E-state index in [1.54, 1.807) is 48.5 Å². The number of hydrogen-bond acceptors (Lipinski definition) is 12. The second kappa shape index (κ2) is 18.8. The minimum absolute atomic E-state index is 0.0241. The molecule has 288 valence electrons. The SMILES string of the molecule is C#C[C@]1(CO[P@@](=O)(N[C@@H](Cc2ccccc2)C(=O)O)Oc2ccccc2)O[C@@H](n2cnc3c(N)nc(F)nc32)C[C@@H]1OC(=O)OCCCCCCCCC. The second-order valence-electron chi connectivity index (χ2n) is 12.8. The summed E-state index contributed by atoms with van der Waals surface area (Å²) in [4.78, 5) is 37.0. The van der Waals surface area contributed by atoms with Gasteiger partial charge in [-0.25, -0.2) is 14.3 Å². The van der Waals surface area contributed by atoms with E-state index < -0.39 is 56.5 Å². The quantitative estimate of drug-likeness (QED) is 0.0286. The molecule has 2 aromatic carbocycles. The number of halogens is 1. The summed E-state index contributed by atoms with van der Waals surface area (Å²) in [5.74, 6) is 1.05. The lowest BCUT2D eigenvalue weighted by atomic mass is 9.99. The number of unbranched alkanes of at least 4 members (excludes halogenated alkanes) is 6. The van der Waals surface area contributed by atoms with Gasteiger partial charge in [0.15, 0.2) is 28.7 Å². The number of aromatic nitrogens is 4. The average molecular weight is 767 g/mol. The molecule has 1 saturated heterocycles. The number of imidazole rings is 1. The summed E-state index contributed by atoms with van der Waals surface area (Å²) < 4.78 is 59.2. The lowest BCUT2D eigenvalue weighted by Gasteiger charge is -2.31. The van der Waals surface area contributed by atoms with Crippen molar-refractivity contribution in [1.82, 2.24) is 24.6 Å². The van der Waals surface area contributed by atoms with Crippen LogP contribution in [0.2, 0.25) is 0 Å². The number of nitrogens with two attached hydrogens (primary N) is 1. The summed E-state index contributed by atoms with van der Waals surface area (Å²) >= 11 is 0. The Hall–Kier alpha value is -5.07. The van der Waals surface area contributed by atoms with Crippen LogP contribution in [-0.4, -0.2) is 67.7 Å². The molecule has 5 atom stereocenters. The number of carboxylic acid groups (broad SMARTS) is 1. The van der Waals surface area contributed by atoms with Crippen molar-refractivity contribution in [3.63, 3.8) is 0 Å². The summed E-state index contributed by atoms with van der Waals surface area (Å²) in [6.45, 7) is 1.52. The Balaban J connectivity index is 1.39. The van der Waals surface area contributed by atoms with Crippen LogP contribution in [0.1, 0.15) is 70.1 Å². The fourth-order valence-corrected chi connectivity index (χ4v) is 7.48. The standard InChI is InChI=1S/C37H44FN6O9P/c1-3-5-6-7-8-9-16-21-49-36(47)51-29-23-30(44-25-40-31-32(39)41-35(38)42-33(31)44)52-37(29,4-2)24-50-54(48,53-27-19-14-11-15-20-27)43-28(34(45)46)22-26-17-12-10-13-18-26/h2,10-15,17-20,25,28-30H,3,5-9,16,21-24H2,1H3,(H,43,48)(H,45,46)(H2,39,41,42)/t28-,29-,30+,37+,54-/m0/s1. The molecule has 54 heavy (non-hydrogen) atoms. The van der Waals surface area contributed by atoms with Gasteiger partial charge in [-0.05, 0) is 30.5 Å². The van der Waals surface area contributed by atoms with Crippen LogP contribution < -0.4 is 15.3 Å². The molecule has 0 aliphatic carbocycles. The molecule has 1 aliphatic heterocycles. The molecule has 17 heteroatoms. The molecule has 0 spiro atoms. The summed E-state index contributed by atoms with van der Waals surface area (Å²) in [6, 6.07) is 15.3. The van der Waals surface area contributed by atoms with Crippen LogP contribution in [0, 0.1) is 18.4 Å². The molecular formula is C37H44FN6O9P. The lowest BCUT2D eigenvalue weighted by Crippen LogP contribution is -2.46. The van der Waals surface area contributed by atoms with Crippen LogP contribution in [0.3, 0.4) is 0 Å². The number of carbonyl (C=O) groups is 2. The van der Waals surface area contributed by atoms with Crippen LogP contribution in [0.25, 0.3) is 11.2 Å². The van der Waals surface area contributed by atoms with E-state index in [0.29, 0.717) is 12.0 Å². The van der Waals surface area contributed by atoms with Crippen LogP contribution in [0.4, 0.5) is 15.0 Å². The number of benzene rings is 2. The van der Waals surface area contributed by atoms with Crippen molar-refractivity contribution in [1.29, 1.82) is 0 Å². The number of terminal acetylenes is 1. The summed E-state index contributed by atoms with van der Waals surface area (Å²) in [5.41, 5.74) is 4.61. The number of ether oxygens (including phenoxy) is 3. The van der Waals surface area contributed by atoms with Gasteiger partial charge in [0.1, 0.15) is 24.6 Å². The Labute approximate surface area is 312 Å². The maximum Gasteiger partial charge on any atom is 0.508 e. The first kappa shape index (κ1) is 40.1. The number of nitrogen functional groups attached to an aromatic ring is 1. The monoisotopic (exact) mass is 766 g/mol. The van der Waals surface area contributed by atoms with Gasteiger partial charge in [-0.2, -0.15) is 19.4 Å². The minimum atomic E-state index is -4.61. The first-order valence-electron chi connectivity index (χ1n) is 17.7. The number of nitrogens with one attached hydrogen (secondary N) is 1. The van der Waals surface area contributed by atoms with E-state index in [-0.39, 0.29) is 42.2 Å². The molecule has 15 nitrogen and oxygen atoms in total.